The standard InChI is InChI=1S/C42H84NO8P/c1-6-8-10-12-14-16-18-20-21-23-24-26-28-30-32-34-39(44)42(46)40(38-50-52(47,48)49-37-36-43(3,4)5)51-41(45)35-33-31-29-27-25-22-19-17-15-13-11-9-7-2/h40,42,46H,6-38H2,1-5H3/t40-,42?/m0/s1. The molecular formula is C42H84NO8P. The summed E-state index contributed by atoms with van der Waals surface area (Å²) in [6.45, 7) is 4.19. The fraction of sp³-hybridized carbons (Fsp3) is 0.952. The van der Waals surface area contributed by atoms with Gasteiger partial charge in [0, 0.05) is 12.8 Å². The number of hydrogen-bond donors (Lipinski definition) is 1. The number of aliphatic hydroxyl groups is 1. The van der Waals surface area contributed by atoms with E-state index in [-0.39, 0.29) is 19.4 Å². The van der Waals surface area contributed by atoms with Crippen LogP contribution in [0.5, 0.6) is 0 Å². The van der Waals surface area contributed by atoms with Crippen LogP contribution in [0.15, 0.2) is 0 Å². The minimum atomic E-state index is -4.72. The third-order valence-corrected chi connectivity index (χ3v) is 10.8. The molecule has 0 aromatic heterocycles. The van der Waals surface area contributed by atoms with E-state index in [4.69, 9.17) is 13.8 Å². The lowest BCUT2D eigenvalue weighted by atomic mass is 10.0. The Bertz CT molecular complexity index is 881. The van der Waals surface area contributed by atoms with Gasteiger partial charge < -0.3 is 28.3 Å². The number of Topliss-reactive ketones (excluding diaryl/α,β-unsaturated/α-hetero) is 1. The third kappa shape index (κ3) is 34.9. The Morgan fingerprint density at radius 3 is 1.29 bits per heavy atom. The predicted octanol–water partition coefficient (Wildman–Crippen LogP) is 10.8. The van der Waals surface area contributed by atoms with Gasteiger partial charge in [0.25, 0.3) is 7.82 Å². The van der Waals surface area contributed by atoms with Crippen molar-refractivity contribution in [2.45, 2.75) is 219 Å². The lowest BCUT2D eigenvalue weighted by Crippen LogP contribution is -2.41. The number of phosphoric ester groups is 1. The summed E-state index contributed by atoms with van der Waals surface area (Å²) < 4.78 is 28.4. The Morgan fingerprint density at radius 1 is 0.577 bits per heavy atom. The van der Waals surface area contributed by atoms with Crippen LogP contribution in [0.4, 0.5) is 0 Å². The number of phosphoric acid groups is 1. The fourth-order valence-electron chi connectivity index (χ4n) is 6.36. The van der Waals surface area contributed by atoms with Crippen LogP contribution in [0.25, 0.3) is 0 Å². The maximum atomic E-state index is 12.9. The minimum absolute atomic E-state index is 0.0749. The maximum absolute atomic E-state index is 12.9. The first-order valence-electron chi connectivity index (χ1n) is 21.7. The molecule has 0 radical (unpaired) electrons. The van der Waals surface area contributed by atoms with Crippen LogP contribution in [0, 0.1) is 0 Å². The number of nitrogens with zero attached hydrogens (tertiary/aromatic N) is 1. The molecule has 0 amide bonds. The molecule has 0 spiro atoms. The van der Waals surface area contributed by atoms with Gasteiger partial charge in [-0.1, -0.05) is 181 Å². The van der Waals surface area contributed by atoms with Crippen LogP contribution in [-0.4, -0.2) is 74.5 Å². The van der Waals surface area contributed by atoms with Crippen LogP contribution in [0.2, 0.25) is 0 Å². The zero-order valence-corrected chi connectivity index (χ0v) is 35.6. The molecule has 310 valence electrons. The summed E-state index contributed by atoms with van der Waals surface area (Å²) in [4.78, 5) is 38.0. The zero-order chi connectivity index (χ0) is 38.8. The van der Waals surface area contributed by atoms with Gasteiger partial charge in [0.15, 0.2) is 18.0 Å². The molecule has 0 aliphatic rings. The first kappa shape index (κ1) is 51.2. The van der Waals surface area contributed by atoms with Crippen molar-refractivity contribution >= 4 is 19.6 Å². The van der Waals surface area contributed by atoms with E-state index in [0.717, 1.165) is 38.5 Å². The summed E-state index contributed by atoms with van der Waals surface area (Å²) in [5.41, 5.74) is 0. The lowest BCUT2D eigenvalue weighted by Gasteiger charge is -2.29. The number of carbonyl (C=O) groups excluding carboxylic acids is 2. The van der Waals surface area contributed by atoms with Gasteiger partial charge in [-0.3, -0.25) is 14.2 Å². The largest absolute Gasteiger partial charge is 0.756 e. The number of esters is 1. The Balaban J connectivity index is 4.50. The van der Waals surface area contributed by atoms with Gasteiger partial charge in [0.1, 0.15) is 13.2 Å². The number of unbranched alkanes of at least 4 members (excludes halogenated alkanes) is 26. The van der Waals surface area contributed by atoms with E-state index in [0.29, 0.717) is 23.9 Å². The van der Waals surface area contributed by atoms with Gasteiger partial charge in [-0.25, -0.2) is 0 Å². The van der Waals surface area contributed by atoms with Gasteiger partial charge >= 0.3 is 5.97 Å². The SMILES string of the molecule is CCCCCCCCCCCCCCCCCC(=O)C(O)[C@H](COP(=O)([O-])OCC[N+](C)(C)C)OC(=O)CCCCCCCCCCCCCCC. The van der Waals surface area contributed by atoms with Gasteiger partial charge in [0.2, 0.25) is 0 Å². The second kappa shape index (κ2) is 34.6. The molecule has 52 heavy (non-hydrogen) atoms. The average Bonchev–Trinajstić information content (AvgIpc) is 3.09. The van der Waals surface area contributed by atoms with Crippen molar-refractivity contribution in [2.75, 3.05) is 40.9 Å². The molecule has 3 atom stereocenters. The maximum Gasteiger partial charge on any atom is 0.306 e. The van der Waals surface area contributed by atoms with Crippen LogP contribution in [-0.2, 0) is 27.9 Å². The third-order valence-electron chi connectivity index (χ3n) is 9.88. The van der Waals surface area contributed by atoms with E-state index in [2.05, 4.69) is 13.8 Å². The molecule has 0 saturated carbocycles. The summed E-state index contributed by atoms with van der Waals surface area (Å²) >= 11 is 0. The molecule has 0 aromatic carbocycles. The molecular weight excluding hydrogens is 677 g/mol. The van der Waals surface area contributed by atoms with E-state index in [1.165, 1.54) is 128 Å². The summed E-state index contributed by atoms with van der Waals surface area (Å²) in [7, 11) is 1.01. The van der Waals surface area contributed by atoms with Crippen LogP contribution < -0.4 is 4.89 Å². The number of ketones is 1. The molecule has 0 fully saturated rings. The normalized spacial score (nSPS) is 14.3. The van der Waals surface area contributed by atoms with Crippen molar-refractivity contribution in [1.29, 1.82) is 0 Å². The van der Waals surface area contributed by atoms with Gasteiger partial charge in [0.05, 0.1) is 27.7 Å². The minimum Gasteiger partial charge on any atom is -0.756 e. The van der Waals surface area contributed by atoms with E-state index >= 15 is 0 Å². The molecule has 0 bridgehead atoms. The number of carbonyl (C=O) groups is 2. The van der Waals surface area contributed by atoms with Crippen LogP contribution >= 0.6 is 7.82 Å². The number of quaternary nitrogens is 1. The molecule has 0 saturated heterocycles. The fourth-order valence-corrected chi connectivity index (χ4v) is 7.07. The van der Waals surface area contributed by atoms with E-state index in [1.54, 1.807) is 0 Å². The van der Waals surface area contributed by atoms with E-state index in [9.17, 15) is 24.2 Å². The molecule has 2 unspecified atom stereocenters. The molecule has 0 heterocycles. The molecule has 0 aliphatic heterocycles. The predicted molar refractivity (Wildman–Crippen MR) is 213 cm³/mol. The Labute approximate surface area is 320 Å². The molecule has 0 aliphatic carbocycles. The van der Waals surface area contributed by atoms with Crippen molar-refractivity contribution in [3.8, 4) is 0 Å². The lowest BCUT2D eigenvalue weighted by molar-refractivity contribution is -0.870. The summed E-state index contributed by atoms with van der Waals surface area (Å²) in [5.74, 6) is -1.04. The highest BCUT2D eigenvalue weighted by atomic mass is 31.2. The highest BCUT2D eigenvalue weighted by Gasteiger charge is 2.31. The Kier molecular flexibility index (Phi) is 34.1. The second-order valence-electron chi connectivity index (χ2n) is 16.2. The molecule has 9 nitrogen and oxygen atoms in total. The van der Waals surface area contributed by atoms with Crippen molar-refractivity contribution in [3.05, 3.63) is 0 Å². The first-order chi connectivity index (χ1) is 24.9. The summed E-state index contributed by atoms with van der Waals surface area (Å²) in [6.07, 6.45) is 30.9. The van der Waals surface area contributed by atoms with Gasteiger partial charge in [-0.15, -0.1) is 0 Å². The number of ether oxygens (including phenoxy) is 1. The zero-order valence-electron chi connectivity index (χ0n) is 34.7. The quantitative estimate of drug-likeness (QED) is 0.0283. The topological polar surface area (TPSA) is 122 Å². The van der Waals surface area contributed by atoms with E-state index < -0.39 is 38.4 Å². The van der Waals surface area contributed by atoms with Crippen LogP contribution in [0.1, 0.15) is 206 Å². The monoisotopic (exact) mass is 762 g/mol. The van der Waals surface area contributed by atoms with Crippen LogP contribution in [0.3, 0.4) is 0 Å². The first-order valence-corrected chi connectivity index (χ1v) is 23.2. The average molecular weight is 762 g/mol. The molecule has 10 heteroatoms. The highest BCUT2D eigenvalue weighted by molar-refractivity contribution is 7.45. The summed E-state index contributed by atoms with van der Waals surface area (Å²) in [5, 5.41) is 10.9. The molecule has 1 N–H and O–H groups in total. The Morgan fingerprint density at radius 2 is 0.923 bits per heavy atom. The van der Waals surface area contributed by atoms with Crippen molar-refractivity contribution in [1.82, 2.24) is 0 Å². The molecule has 0 rings (SSSR count). The van der Waals surface area contributed by atoms with Crippen molar-refractivity contribution in [3.63, 3.8) is 0 Å². The summed E-state index contributed by atoms with van der Waals surface area (Å²) in [6, 6.07) is 0. The number of rotatable bonds is 40. The highest BCUT2D eigenvalue weighted by Crippen LogP contribution is 2.38. The second-order valence-corrected chi connectivity index (χ2v) is 17.6. The van der Waals surface area contributed by atoms with Crippen molar-refractivity contribution in [2.24, 2.45) is 0 Å². The number of hydrogen-bond acceptors (Lipinski definition) is 8. The Hall–Kier alpha value is -0.830. The number of likely N-dealkylation sites (N-methyl/N-ethyl adjacent to an activating group) is 1. The van der Waals surface area contributed by atoms with Crippen molar-refractivity contribution < 1.29 is 42.4 Å². The smallest absolute Gasteiger partial charge is 0.306 e. The van der Waals surface area contributed by atoms with E-state index in [1.807, 2.05) is 21.1 Å². The number of aliphatic hydroxyl groups excluding tert-OH is 1. The molecule has 0 aromatic rings. The van der Waals surface area contributed by atoms with Gasteiger partial charge in [-0.05, 0) is 12.8 Å². The van der Waals surface area contributed by atoms with Gasteiger partial charge in [-0.2, -0.15) is 0 Å².